The maximum Gasteiger partial charge on any atom is 0.351 e. The van der Waals surface area contributed by atoms with Crippen molar-refractivity contribution in [3.8, 4) is 5.75 Å². The minimum Gasteiger partial charge on any atom is -0.491 e. The third-order valence-corrected chi connectivity index (χ3v) is 3.84. The van der Waals surface area contributed by atoms with E-state index in [-0.39, 0.29) is 18.8 Å². The molecule has 2 aromatic heterocycles. The number of para-hydroxylation sites is 1. The zero-order chi connectivity index (χ0) is 20.3. The van der Waals surface area contributed by atoms with Crippen LogP contribution in [-0.4, -0.2) is 50.6 Å². The first-order valence-electron chi connectivity index (χ1n) is 9.12. The van der Waals surface area contributed by atoms with Gasteiger partial charge in [0.1, 0.15) is 30.1 Å². The highest BCUT2D eigenvalue weighted by Crippen LogP contribution is 2.13. The van der Waals surface area contributed by atoms with Crippen molar-refractivity contribution in [2.45, 2.75) is 0 Å². The van der Waals surface area contributed by atoms with E-state index in [1.54, 1.807) is 48.8 Å². The Labute approximate surface area is 167 Å². The number of esters is 1. The Kier molecular flexibility index (Phi) is 7.73. The Morgan fingerprint density at radius 1 is 0.897 bits per heavy atom. The van der Waals surface area contributed by atoms with Crippen LogP contribution in [0.3, 0.4) is 0 Å². The largest absolute Gasteiger partial charge is 0.491 e. The first kappa shape index (κ1) is 20.5. The molecule has 0 atom stereocenters. The van der Waals surface area contributed by atoms with E-state index in [0.717, 1.165) is 5.75 Å². The lowest BCUT2D eigenvalue weighted by Gasteiger charge is -2.08. The van der Waals surface area contributed by atoms with Gasteiger partial charge in [-0.25, -0.2) is 9.59 Å². The number of carbonyl (C=O) groups excluding carboxylic acids is 1. The second-order valence-corrected chi connectivity index (χ2v) is 5.88. The van der Waals surface area contributed by atoms with Gasteiger partial charge < -0.3 is 23.4 Å². The van der Waals surface area contributed by atoms with Crippen LogP contribution in [0.25, 0.3) is 11.0 Å². The van der Waals surface area contributed by atoms with Crippen LogP contribution in [0, 0.1) is 0 Å². The van der Waals surface area contributed by atoms with Crippen molar-refractivity contribution in [3.63, 3.8) is 0 Å². The number of carbonyl (C=O) groups is 1. The summed E-state index contributed by atoms with van der Waals surface area (Å²) in [6.07, 6.45) is 3.31. The zero-order valence-corrected chi connectivity index (χ0v) is 15.7. The zero-order valence-electron chi connectivity index (χ0n) is 15.7. The van der Waals surface area contributed by atoms with Crippen molar-refractivity contribution in [2.75, 3.05) is 39.6 Å². The Morgan fingerprint density at radius 2 is 1.59 bits per heavy atom. The summed E-state index contributed by atoms with van der Waals surface area (Å²) in [5, 5.41) is 0.653. The van der Waals surface area contributed by atoms with Gasteiger partial charge in [0.05, 0.1) is 26.4 Å². The van der Waals surface area contributed by atoms with Gasteiger partial charge in [-0.05, 0) is 24.3 Å². The molecule has 0 saturated heterocycles. The number of nitrogens with zero attached hydrogens (tertiary/aromatic N) is 1. The van der Waals surface area contributed by atoms with Gasteiger partial charge in [-0.1, -0.05) is 18.2 Å². The lowest BCUT2D eigenvalue weighted by molar-refractivity contribution is 0.0104. The average molecular weight is 399 g/mol. The Morgan fingerprint density at radius 3 is 2.38 bits per heavy atom. The summed E-state index contributed by atoms with van der Waals surface area (Å²) in [7, 11) is 0. The molecule has 0 N–H and O–H groups in total. The van der Waals surface area contributed by atoms with E-state index in [1.807, 2.05) is 0 Å². The predicted octanol–water partition coefficient (Wildman–Crippen LogP) is 2.46. The molecule has 2 heterocycles. The van der Waals surface area contributed by atoms with Gasteiger partial charge in [-0.2, -0.15) is 0 Å². The van der Waals surface area contributed by atoms with Crippen molar-refractivity contribution in [1.82, 2.24) is 4.98 Å². The van der Waals surface area contributed by atoms with Crippen molar-refractivity contribution in [1.29, 1.82) is 0 Å². The van der Waals surface area contributed by atoms with Gasteiger partial charge in [0.25, 0.3) is 0 Å². The third-order valence-electron chi connectivity index (χ3n) is 3.84. The number of pyridine rings is 1. The highest BCUT2D eigenvalue weighted by molar-refractivity contribution is 5.92. The Balaban J connectivity index is 1.26. The second-order valence-electron chi connectivity index (χ2n) is 5.88. The molecule has 0 bridgehead atoms. The second kappa shape index (κ2) is 10.9. The molecular formula is C21H21NO7. The number of fused-ring (bicyclic) bond motifs is 1. The summed E-state index contributed by atoms with van der Waals surface area (Å²) in [6.45, 7) is 1.82. The molecule has 1 aromatic carbocycles. The van der Waals surface area contributed by atoms with Crippen molar-refractivity contribution in [3.05, 3.63) is 70.8 Å². The first-order valence-corrected chi connectivity index (χ1v) is 9.12. The molecule has 0 radical (unpaired) electrons. The summed E-state index contributed by atoms with van der Waals surface area (Å²) in [4.78, 5) is 27.9. The molecular weight excluding hydrogens is 378 g/mol. The van der Waals surface area contributed by atoms with E-state index < -0.39 is 11.6 Å². The van der Waals surface area contributed by atoms with E-state index in [4.69, 9.17) is 23.4 Å². The maximum absolute atomic E-state index is 12.1. The number of benzene rings is 1. The smallest absolute Gasteiger partial charge is 0.351 e. The molecule has 0 unspecified atom stereocenters. The minimum atomic E-state index is -0.738. The molecule has 29 heavy (non-hydrogen) atoms. The van der Waals surface area contributed by atoms with Crippen LogP contribution in [0.15, 0.2) is 64.1 Å². The average Bonchev–Trinajstić information content (AvgIpc) is 2.75. The summed E-state index contributed by atoms with van der Waals surface area (Å²) in [5.41, 5.74) is -0.443. The van der Waals surface area contributed by atoms with Gasteiger partial charge in [0.15, 0.2) is 0 Å². The lowest BCUT2D eigenvalue weighted by Crippen LogP contribution is -2.19. The molecule has 0 saturated carbocycles. The molecule has 0 spiro atoms. The fraction of sp³-hybridized carbons (Fsp3) is 0.286. The van der Waals surface area contributed by atoms with Gasteiger partial charge in [-0.3, -0.25) is 4.98 Å². The third kappa shape index (κ3) is 6.41. The van der Waals surface area contributed by atoms with Crippen LogP contribution in [0.2, 0.25) is 0 Å². The maximum atomic E-state index is 12.1. The number of hydrogen-bond acceptors (Lipinski definition) is 8. The van der Waals surface area contributed by atoms with Crippen molar-refractivity contribution in [2.24, 2.45) is 0 Å². The highest BCUT2D eigenvalue weighted by atomic mass is 16.6. The first-order chi connectivity index (χ1) is 14.2. The number of rotatable bonds is 11. The van der Waals surface area contributed by atoms with E-state index in [2.05, 4.69) is 4.98 Å². The van der Waals surface area contributed by atoms with Crippen LogP contribution in [0.1, 0.15) is 10.4 Å². The molecule has 3 rings (SSSR count). The van der Waals surface area contributed by atoms with E-state index >= 15 is 0 Å². The minimum absolute atomic E-state index is 0.0241. The van der Waals surface area contributed by atoms with Gasteiger partial charge in [0, 0.05) is 17.8 Å². The number of ether oxygens (including phenoxy) is 4. The van der Waals surface area contributed by atoms with Gasteiger partial charge in [-0.15, -0.1) is 0 Å². The van der Waals surface area contributed by atoms with Crippen LogP contribution in [0.5, 0.6) is 5.75 Å². The van der Waals surface area contributed by atoms with E-state index in [0.29, 0.717) is 37.4 Å². The Bertz CT molecular complexity index is 971. The summed E-state index contributed by atoms with van der Waals surface area (Å²) < 4.78 is 26.4. The molecule has 3 aromatic rings. The monoisotopic (exact) mass is 399 g/mol. The van der Waals surface area contributed by atoms with E-state index in [1.165, 1.54) is 6.07 Å². The van der Waals surface area contributed by atoms with Crippen molar-refractivity contribution >= 4 is 16.9 Å². The van der Waals surface area contributed by atoms with Crippen LogP contribution in [-0.2, 0) is 14.2 Å². The number of aromatic nitrogens is 1. The number of hydrogen-bond donors (Lipinski definition) is 0. The molecule has 8 heteroatoms. The summed E-state index contributed by atoms with van der Waals surface area (Å²) in [5.74, 6) is -0.000250. The van der Waals surface area contributed by atoms with E-state index in [9.17, 15) is 9.59 Å². The van der Waals surface area contributed by atoms with Gasteiger partial charge in [0.2, 0.25) is 0 Å². The summed E-state index contributed by atoms with van der Waals surface area (Å²) >= 11 is 0. The lowest BCUT2D eigenvalue weighted by atomic mass is 10.2. The SMILES string of the molecule is O=C(OCCOCCOCCOc1ccncc1)c1cc2ccccc2oc1=O. The quantitative estimate of drug-likeness (QED) is 0.276. The molecule has 0 amide bonds. The fourth-order valence-electron chi connectivity index (χ4n) is 2.45. The highest BCUT2D eigenvalue weighted by Gasteiger charge is 2.14. The van der Waals surface area contributed by atoms with Gasteiger partial charge >= 0.3 is 11.6 Å². The summed E-state index contributed by atoms with van der Waals surface area (Å²) in [6, 6.07) is 12.0. The normalized spacial score (nSPS) is 10.8. The van der Waals surface area contributed by atoms with Crippen LogP contribution >= 0.6 is 0 Å². The fourth-order valence-corrected chi connectivity index (χ4v) is 2.45. The molecule has 0 aliphatic rings. The molecule has 0 aliphatic heterocycles. The standard InChI is InChI=1S/C21H21NO7/c23-20(18-15-16-3-1-2-4-19(16)29-21(18)24)28-14-12-26-10-9-25-11-13-27-17-5-7-22-8-6-17/h1-8,15H,9-14H2. The van der Waals surface area contributed by atoms with Crippen molar-refractivity contribution < 1.29 is 28.2 Å². The molecule has 0 aliphatic carbocycles. The van der Waals surface area contributed by atoms with Crippen LogP contribution in [0.4, 0.5) is 0 Å². The topological polar surface area (TPSA) is 97.1 Å². The molecule has 0 fully saturated rings. The molecule has 152 valence electrons. The Hall–Kier alpha value is -3.23. The predicted molar refractivity (Wildman–Crippen MR) is 104 cm³/mol. The van der Waals surface area contributed by atoms with Crippen LogP contribution < -0.4 is 10.4 Å². The molecule has 8 nitrogen and oxygen atoms in total.